The quantitative estimate of drug-likeness (QED) is 0.571. The Morgan fingerprint density at radius 1 is 1.07 bits per heavy atom. The van der Waals surface area contributed by atoms with E-state index in [1.54, 1.807) is 0 Å². The van der Waals surface area contributed by atoms with Gasteiger partial charge >= 0.3 is 0 Å². The Labute approximate surface area is 161 Å². The number of hydrogen-bond acceptors (Lipinski definition) is 5. The number of nitrogens with zero attached hydrogens (tertiary/aromatic N) is 3. The van der Waals surface area contributed by atoms with Crippen LogP contribution in [0.5, 0.6) is 0 Å². The number of carbonyl (C=O) groups excluding carboxylic acids is 1. The van der Waals surface area contributed by atoms with Crippen molar-refractivity contribution in [2.24, 2.45) is 0 Å². The Morgan fingerprint density at radius 2 is 1.68 bits per heavy atom. The Hall–Kier alpha value is -2.85. The van der Waals surface area contributed by atoms with E-state index in [2.05, 4.69) is 0 Å². The summed E-state index contributed by atoms with van der Waals surface area (Å²) in [5.74, 6) is -0.747. The van der Waals surface area contributed by atoms with Crippen molar-refractivity contribution in [2.45, 2.75) is 11.8 Å². The highest BCUT2D eigenvalue weighted by Crippen LogP contribution is 2.27. The van der Waals surface area contributed by atoms with Gasteiger partial charge in [-0.25, -0.2) is 12.8 Å². The van der Waals surface area contributed by atoms with E-state index < -0.39 is 20.8 Å². The smallest absolute Gasteiger partial charge is 0.273 e. The number of benzene rings is 2. The summed E-state index contributed by atoms with van der Waals surface area (Å²) in [7, 11) is -3.93. The van der Waals surface area contributed by atoms with Gasteiger partial charge < -0.3 is 4.90 Å². The monoisotopic (exact) mass is 407 g/mol. The molecule has 0 radical (unpaired) electrons. The van der Waals surface area contributed by atoms with Crippen molar-refractivity contribution in [1.82, 2.24) is 9.21 Å². The largest absolute Gasteiger partial charge is 0.336 e. The van der Waals surface area contributed by atoms with Crippen molar-refractivity contribution < 1.29 is 22.5 Å². The van der Waals surface area contributed by atoms with E-state index in [1.165, 1.54) is 58.6 Å². The molecule has 2 aromatic rings. The molecule has 1 aliphatic rings. The number of sulfonamides is 1. The molecule has 0 saturated carbocycles. The lowest BCUT2D eigenvalue weighted by Crippen LogP contribution is -2.50. The zero-order chi connectivity index (χ0) is 20.5. The van der Waals surface area contributed by atoms with E-state index in [0.29, 0.717) is 5.56 Å². The Morgan fingerprint density at radius 3 is 2.25 bits per heavy atom. The van der Waals surface area contributed by atoms with Crippen molar-refractivity contribution in [3.05, 3.63) is 69.5 Å². The second-order valence-corrected chi connectivity index (χ2v) is 8.27. The van der Waals surface area contributed by atoms with Crippen molar-refractivity contribution in [3.63, 3.8) is 0 Å². The number of rotatable bonds is 4. The van der Waals surface area contributed by atoms with Crippen LogP contribution in [0.2, 0.25) is 0 Å². The molecule has 28 heavy (non-hydrogen) atoms. The molecule has 0 N–H and O–H groups in total. The maximum atomic E-state index is 13.0. The van der Waals surface area contributed by atoms with Gasteiger partial charge in [0.05, 0.1) is 9.82 Å². The number of hydrogen-bond donors (Lipinski definition) is 0. The number of piperazine rings is 1. The highest BCUT2D eigenvalue weighted by Gasteiger charge is 2.33. The maximum absolute atomic E-state index is 13.0. The van der Waals surface area contributed by atoms with E-state index in [1.807, 2.05) is 0 Å². The van der Waals surface area contributed by atoms with Crippen LogP contribution in [-0.4, -0.2) is 54.6 Å². The minimum absolute atomic E-state index is 0.0669. The fourth-order valence-corrected chi connectivity index (χ4v) is 4.79. The number of nitro benzene ring substituents is 1. The molecule has 0 bridgehead atoms. The second kappa shape index (κ2) is 7.64. The number of amides is 1. The summed E-state index contributed by atoms with van der Waals surface area (Å²) in [5, 5.41) is 11.1. The van der Waals surface area contributed by atoms with Gasteiger partial charge in [0.1, 0.15) is 5.82 Å². The second-order valence-electron chi connectivity index (χ2n) is 6.36. The molecule has 2 aromatic carbocycles. The summed E-state index contributed by atoms with van der Waals surface area (Å²) in [6, 6.07) is 9.09. The first-order valence-corrected chi connectivity index (χ1v) is 9.95. The Balaban J connectivity index is 1.75. The zero-order valence-electron chi connectivity index (χ0n) is 15.0. The van der Waals surface area contributed by atoms with Crippen LogP contribution in [0.4, 0.5) is 10.1 Å². The Bertz CT molecular complexity index is 1020. The van der Waals surface area contributed by atoms with Crippen LogP contribution in [0, 0.1) is 22.9 Å². The van der Waals surface area contributed by atoms with Crippen LogP contribution in [-0.2, 0) is 10.0 Å². The molecule has 8 nitrogen and oxygen atoms in total. The highest BCUT2D eigenvalue weighted by molar-refractivity contribution is 7.89. The molecular formula is C18H18FN3O5S. The van der Waals surface area contributed by atoms with E-state index >= 15 is 0 Å². The summed E-state index contributed by atoms with van der Waals surface area (Å²) >= 11 is 0. The molecule has 0 atom stereocenters. The van der Waals surface area contributed by atoms with Crippen molar-refractivity contribution in [3.8, 4) is 0 Å². The fraction of sp³-hybridized carbons (Fsp3) is 0.278. The minimum Gasteiger partial charge on any atom is -0.336 e. The molecule has 148 valence electrons. The zero-order valence-corrected chi connectivity index (χ0v) is 15.9. The van der Waals surface area contributed by atoms with Gasteiger partial charge in [0.2, 0.25) is 10.0 Å². The summed E-state index contributed by atoms with van der Waals surface area (Å²) in [4.78, 5) is 24.3. The predicted molar refractivity (Wildman–Crippen MR) is 98.9 cm³/mol. The average Bonchev–Trinajstić information content (AvgIpc) is 2.68. The number of nitro groups is 1. The van der Waals surface area contributed by atoms with Crippen molar-refractivity contribution in [1.29, 1.82) is 0 Å². The van der Waals surface area contributed by atoms with Gasteiger partial charge in [0, 0.05) is 43.4 Å². The summed E-state index contributed by atoms with van der Waals surface area (Å²) in [6.07, 6.45) is 0. The summed E-state index contributed by atoms with van der Waals surface area (Å²) < 4.78 is 40.1. The third-order valence-corrected chi connectivity index (χ3v) is 6.73. The van der Waals surface area contributed by atoms with Crippen LogP contribution in [0.25, 0.3) is 0 Å². The third-order valence-electron chi connectivity index (χ3n) is 4.69. The topological polar surface area (TPSA) is 101 Å². The lowest BCUT2D eigenvalue weighted by Gasteiger charge is -2.34. The molecule has 3 rings (SSSR count). The van der Waals surface area contributed by atoms with Gasteiger partial charge in [0.25, 0.3) is 11.6 Å². The van der Waals surface area contributed by atoms with E-state index in [4.69, 9.17) is 0 Å². The molecule has 1 saturated heterocycles. The molecule has 0 aromatic heterocycles. The van der Waals surface area contributed by atoms with Gasteiger partial charge in [-0.1, -0.05) is 6.07 Å². The van der Waals surface area contributed by atoms with Gasteiger partial charge in [-0.2, -0.15) is 4.31 Å². The molecule has 0 unspecified atom stereocenters. The van der Waals surface area contributed by atoms with Crippen molar-refractivity contribution in [2.75, 3.05) is 26.2 Å². The standard InChI is InChI=1S/C18H18FN3O5S/c1-13-16(22(24)25)3-2-4-17(13)28(26,27)21-11-9-20(10-12-21)18(23)14-5-7-15(19)8-6-14/h2-8H,9-12H2,1H3. The van der Waals surface area contributed by atoms with Gasteiger partial charge in [-0.3, -0.25) is 14.9 Å². The van der Waals surface area contributed by atoms with Crippen LogP contribution < -0.4 is 0 Å². The average molecular weight is 407 g/mol. The minimum atomic E-state index is -3.93. The Kier molecular flexibility index (Phi) is 5.43. The predicted octanol–water partition coefficient (Wildman–Crippen LogP) is 2.19. The van der Waals surface area contributed by atoms with E-state index in [9.17, 15) is 27.7 Å². The molecule has 10 heteroatoms. The number of carbonyl (C=O) groups is 1. The lowest BCUT2D eigenvalue weighted by molar-refractivity contribution is -0.385. The summed E-state index contributed by atoms with van der Waals surface area (Å²) in [5.41, 5.74) is 0.149. The van der Waals surface area contributed by atoms with Gasteiger partial charge in [-0.05, 0) is 37.3 Å². The third kappa shape index (κ3) is 3.73. The maximum Gasteiger partial charge on any atom is 0.273 e. The van der Waals surface area contributed by atoms with Gasteiger partial charge in [0.15, 0.2) is 0 Å². The molecule has 1 aliphatic heterocycles. The van der Waals surface area contributed by atoms with Crippen LogP contribution in [0.15, 0.2) is 47.4 Å². The normalized spacial score (nSPS) is 15.4. The SMILES string of the molecule is Cc1c([N+](=O)[O-])cccc1S(=O)(=O)N1CCN(C(=O)c2ccc(F)cc2)CC1. The number of halogens is 1. The summed E-state index contributed by atoms with van der Waals surface area (Å²) in [6.45, 7) is 1.88. The first kappa shape index (κ1) is 19.9. The van der Waals surface area contributed by atoms with Gasteiger partial charge in [-0.15, -0.1) is 0 Å². The first-order valence-electron chi connectivity index (χ1n) is 8.51. The van der Waals surface area contributed by atoms with E-state index in [-0.39, 0.29) is 48.2 Å². The molecule has 1 amide bonds. The molecule has 0 spiro atoms. The van der Waals surface area contributed by atoms with Crippen LogP contribution in [0.1, 0.15) is 15.9 Å². The molecule has 1 heterocycles. The molecule has 0 aliphatic carbocycles. The van der Waals surface area contributed by atoms with Crippen LogP contribution in [0.3, 0.4) is 0 Å². The molecule has 1 fully saturated rings. The highest BCUT2D eigenvalue weighted by atomic mass is 32.2. The van der Waals surface area contributed by atoms with Crippen LogP contribution >= 0.6 is 0 Å². The lowest BCUT2D eigenvalue weighted by atomic mass is 10.2. The fourth-order valence-electron chi connectivity index (χ4n) is 3.13. The molecular weight excluding hydrogens is 389 g/mol. The van der Waals surface area contributed by atoms with E-state index in [0.717, 1.165) is 0 Å². The van der Waals surface area contributed by atoms with Crippen molar-refractivity contribution >= 4 is 21.6 Å². The first-order chi connectivity index (χ1) is 13.2.